The van der Waals surface area contributed by atoms with E-state index in [2.05, 4.69) is 0 Å². The van der Waals surface area contributed by atoms with Gasteiger partial charge in [-0.1, -0.05) is 11.6 Å². The number of alkyl halides is 3. The maximum atomic E-state index is 12.6. The quantitative estimate of drug-likeness (QED) is 0.553. The van der Waals surface area contributed by atoms with Gasteiger partial charge in [-0.25, -0.2) is 4.39 Å². The van der Waals surface area contributed by atoms with Gasteiger partial charge in [-0.2, -0.15) is 13.2 Å². The lowest BCUT2D eigenvalue weighted by atomic mass is 10.2. The number of nitrogen functional groups attached to an aromatic ring is 1. The number of anilines is 1. The molecule has 0 aromatic heterocycles. The van der Waals surface area contributed by atoms with E-state index in [9.17, 15) is 17.6 Å². The zero-order valence-electron chi connectivity index (χ0n) is 6.53. The molecule has 1 aromatic carbocycles. The lowest BCUT2D eigenvalue weighted by Gasteiger charge is -2.09. The van der Waals surface area contributed by atoms with E-state index in [1.807, 2.05) is 0 Å². The monoisotopic (exact) mass is 249 g/mol. The maximum absolute atomic E-state index is 12.6. The van der Waals surface area contributed by atoms with Crippen LogP contribution in [0.25, 0.3) is 0 Å². The van der Waals surface area contributed by atoms with E-state index in [1.165, 1.54) is 0 Å². The van der Waals surface area contributed by atoms with Crippen molar-refractivity contribution in [1.82, 2.24) is 0 Å². The first-order chi connectivity index (χ1) is 5.82. The molecule has 0 aliphatic carbocycles. The van der Waals surface area contributed by atoms with Gasteiger partial charge in [0.25, 0.3) is 0 Å². The van der Waals surface area contributed by atoms with E-state index in [0.29, 0.717) is 0 Å². The minimum absolute atomic E-state index is 0. The summed E-state index contributed by atoms with van der Waals surface area (Å²) in [7, 11) is 0. The van der Waals surface area contributed by atoms with Crippen LogP contribution in [0, 0.1) is 5.82 Å². The summed E-state index contributed by atoms with van der Waals surface area (Å²) in [5, 5.41) is -0.605. The summed E-state index contributed by atoms with van der Waals surface area (Å²) in [6, 6.07) is 1.01. The lowest BCUT2D eigenvalue weighted by Crippen LogP contribution is -2.07. The highest BCUT2D eigenvalue weighted by Gasteiger charge is 2.34. The Balaban J connectivity index is 0.00000169. The molecule has 1 aromatic rings. The molecule has 0 heterocycles. The summed E-state index contributed by atoms with van der Waals surface area (Å²) >= 11 is 5.22. The first-order valence-electron chi connectivity index (χ1n) is 3.14. The van der Waals surface area contributed by atoms with Crippen LogP contribution < -0.4 is 5.73 Å². The van der Waals surface area contributed by atoms with Gasteiger partial charge in [0, 0.05) is 0 Å². The molecule has 0 unspecified atom stereocenters. The highest BCUT2D eigenvalue weighted by molar-refractivity contribution is 6.31. The van der Waals surface area contributed by atoms with Crippen molar-refractivity contribution in [3.8, 4) is 0 Å². The zero-order chi connectivity index (χ0) is 10.2. The number of halogens is 6. The average Bonchev–Trinajstić information content (AvgIpc) is 1.94. The van der Waals surface area contributed by atoms with Gasteiger partial charge in [0.2, 0.25) is 0 Å². The Hall–Kier alpha value is -0.680. The van der Waals surface area contributed by atoms with Gasteiger partial charge in [0.15, 0.2) is 0 Å². The Morgan fingerprint density at radius 1 is 1.21 bits per heavy atom. The van der Waals surface area contributed by atoms with Crippen LogP contribution in [0.2, 0.25) is 5.02 Å². The van der Waals surface area contributed by atoms with Crippen LogP contribution in [-0.4, -0.2) is 0 Å². The number of hydrogen-bond donors (Lipinski definition) is 1. The molecule has 0 amide bonds. The number of benzene rings is 1. The van der Waals surface area contributed by atoms with Crippen LogP contribution in [-0.2, 0) is 6.18 Å². The maximum Gasteiger partial charge on any atom is 0.417 e. The Morgan fingerprint density at radius 3 is 2.14 bits per heavy atom. The Labute approximate surface area is 88.3 Å². The molecule has 7 heteroatoms. The fourth-order valence-corrected chi connectivity index (χ4v) is 1.06. The molecule has 0 spiro atoms. The molecule has 1 nitrogen and oxygen atoms in total. The largest absolute Gasteiger partial charge is 0.417 e. The van der Waals surface area contributed by atoms with E-state index in [-0.39, 0.29) is 18.5 Å². The van der Waals surface area contributed by atoms with Crippen molar-refractivity contribution in [3.63, 3.8) is 0 Å². The first-order valence-corrected chi connectivity index (χ1v) is 3.52. The summed E-state index contributed by atoms with van der Waals surface area (Å²) in [5.74, 6) is -1.13. The third kappa shape index (κ3) is 2.65. The molecule has 80 valence electrons. The normalized spacial score (nSPS) is 10.9. The molecule has 0 aliphatic heterocycles. The summed E-state index contributed by atoms with van der Waals surface area (Å²) in [6.07, 6.45) is -4.66. The van der Waals surface area contributed by atoms with Crippen LogP contribution in [0.1, 0.15) is 5.56 Å². The molecule has 0 bridgehead atoms. The molecule has 0 saturated carbocycles. The first kappa shape index (κ1) is 13.3. The van der Waals surface area contributed by atoms with Crippen molar-refractivity contribution in [3.05, 3.63) is 28.5 Å². The van der Waals surface area contributed by atoms with Gasteiger partial charge in [0.1, 0.15) is 5.82 Å². The summed E-state index contributed by atoms with van der Waals surface area (Å²) in [4.78, 5) is 0. The minimum atomic E-state index is -4.66. The molecule has 14 heavy (non-hydrogen) atoms. The van der Waals surface area contributed by atoms with Crippen LogP contribution in [0.15, 0.2) is 12.1 Å². The second-order valence-corrected chi connectivity index (χ2v) is 2.76. The average molecular weight is 250 g/mol. The fraction of sp³-hybridized carbons (Fsp3) is 0.143. The molecule has 2 N–H and O–H groups in total. The van der Waals surface area contributed by atoms with Crippen molar-refractivity contribution in [1.29, 1.82) is 0 Å². The van der Waals surface area contributed by atoms with Crippen molar-refractivity contribution < 1.29 is 17.6 Å². The van der Waals surface area contributed by atoms with E-state index in [0.717, 1.165) is 6.07 Å². The summed E-state index contributed by atoms with van der Waals surface area (Å²) in [6.45, 7) is 0. The Kier molecular flexibility index (Phi) is 4.02. The molecular weight excluding hydrogens is 245 g/mol. The van der Waals surface area contributed by atoms with Crippen molar-refractivity contribution in [2.24, 2.45) is 0 Å². The van der Waals surface area contributed by atoms with Crippen LogP contribution in [0.5, 0.6) is 0 Å². The summed E-state index contributed by atoms with van der Waals surface area (Å²) < 4.78 is 48.8. The smallest absolute Gasteiger partial charge is 0.396 e. The Bertz CT molecular complexity index is 337. The number of hydrogen-bond acceptors (Lipinski definition) is 1. The van der Waals surface area contributed by atoms with Gasteiger partial charge in [-0.3, -0.25) is 0 Å². The lowest BCUT2D eigenvalue weighted by molar-refractivity contribution is -0.137. The van der Waals surface area contributed by atoms with Crippen LogP contribution in [0.4, 0.5) is 23.2 Å². The third-order valence-electron chi connectivity index (χ3n) is 1.39. The highest BCUT2D eigenvalue weighted by Crippen LogP contribution is 2.36. The standard InChI is InChI=1S/C7H4ClF4N.ClH/c8-4-2-6(13)5(9)1-3(4)7(10,11)12;/h1-2H,13H2;1H. The van der Waals surface area contributed by atoms with Gasteiger partial charge >= 0.3 is 6.18 Å². The molecular formula is C7H5Cl2F4N. The van der Waals surface area contributed by atoms with Crippen molar-refractivity contribution in [2.75, 3.05) is 5.73 Å². The second kappa shape index (κ2) is 4.23. The second-order valence-electron chi connectivity index (χ2n) is 2.35. The molecule has 0 fully saturated rings. The van der Waals surface area contributed by atoms with Gasteiger partial charge < -0.3 is 5.73 Å². The molecule has 1 rings (SSSR count). The van der Waals surface area contributed by atoms with Crippen molar-refractivity contribution >= 4 is 29.7 Å². The molecule has 0 atom stereocenters. The van der Waals surface area contributed by atoms with Gasteiger partial charge in [-0.05, 0) is 12.1 Å². The van der Waals surface area contributed by atoms with E-state index in [4.69, 9.17) is 17.3 Å². The van der Waals surface area contributed by atoms with Crippen molar-refractivity contribution in [2.45, 2.75) is 6.18 Å². The van der Waals surface area contributed by atoms with Crippen LogP contribution in [0.3, 0.4) is 0 Å². The Morgan fingerprint density at radius 2 is 1.71 bits per heavy atom. The topological polar surface area (TPSA) is 26.0 Å². The number of rotatable bonds is 0. The predicted molar refractivity (Wildman–Crippen MR) is 48.1 cm³/mol. The van der Waals surface area contributed by atoms with E-state index < -0.39 is 28.3 Å². The third-order valence-corrected chi connectivity index (χ3v) is 1.70. The molecule has 0 radical (unpaired) electrons. The van der Waals surface area contributed by atoms with Gasteiger partial charge in [-0.15, -0.1) is 12.4 Å². The van der Waals surface area contributed by atoms with E-state index >= 15 is 0 Å². The minimum Gasteiger partial charge on any atom is -0.396 e. The molecule has 0 aliphatic rings. The SMILES string of the molecule is Cl.Nc1cc(Cl)c(C(F)(F)F)cc1F. The zero-order valence-corrected chi connectivity index (χ0v) is 8.10. The summed E-state index contributed by atoms with van der Waals surface area (Å²) in [5.41, 5.74) is 3.38. The van der Waals surface area contributed by atoms with Crippen LogP contribution >= 0.6 is 24.0 Å². The molecule has 0 saturated heterocycles. The number of nitrogens with two attached hydrogens (primary N) is 1. The highest BCUT2D eigenvalue weighted by atomic mass is 35.5. The van der Waals surface area contributed by atoms with Gasteiger partial charge in [0.05, 0.1) is 16.3 Å². The van der Waals surface area contributed by atoms with E-state index in [1.54, 1.807) is 0 Å². The predicted octanol–water partition coefficient (Wildman–Crippen LogP) is 3.50. The fourth-order valence-electron chi connectivity index (χ4n) is 0.779.